The summed E-state index contributed by atoms with van der Waals surface area (Å²) in [6.07, 6.45) is 3.36. The summed E-state index contributed by atoms with van der Waals surface area (Å²) in [7, 11) is 0. The van der Waals surface area contributed by atoms with Crippen LogP contribution in [0.3, 0.4) is 0 Å². The van der Waals surface area contributed by atoms with Gasteiger partial charge in [0.25, 0.3) is 0 Å². The molecule has 0 spiro atoms. The molecule has 7 heteroatoms. The summed E-state index contributed by atoms with van der Waals surface area (Å²) in [5.74, 6) is 1.81. The summed E-state index contributed by atoms with van der Waals surface area (Å²) in [5, 5.41) is 4.24. The van der Waals surface area contributed by atoms with Crippen LogP contribution in [0, 0.1) is 0 Å². The van der Waals surface area contributed by atoms with E-state index in [1.54, 1.807) is 18.1 Å². The van der Waals surface area contributed by atoms with Crippen molar-refractivity contribution in [3.63, 3.8) is 0 Å². The van der Waals surface area contributed by atoms with Crippen molar-refractivity contribution >= 4 is 29.1 Å². The number of rotatable bonds is 6. The van der Waals surface area contributed by atoms with Gasteiger partial charge in [-0.3, -0.25) is 0 Å². The third-order valence-corrected chi connectivity index (χ3v) is 4.39. The molecular formula is C12H17N5S2. The molecule has 2 aromatic rings. The minimum atomic E-state index is 0.854. The third kappa shape index (κ3) is 3.42. The van der Waals surface area contributed by atoms with Gasteiger partial charge in [-0.25, -0.2) is 15.0 Å². The van der Waals surface area contributed by atoms with Crippen LogP contribution in [0.1, 0.15) is 32.2 Å². The molecule has 0 bridgehead atoms. The van der Waals surface area contributed by atoms with Gasteiger partial charge in [-0.15, -0.1) is 0 Å². The second-order valence-corrected chi connectivity index (χ2v) is 5.81. The summed E-state index contributed by atoms with van der Waals surface area (Å²) < 4.78 is 5.23. The number of aromatic nitrogens is 4. The van der Waals surface area contributed by atoms with Crippen LogP contribution in [0.4, 0.5) is 5.82 Å². The molecule has 2 heterocycles. The Morgan fingerprint density at radius 1 is 1.21 bits per heavy atom. The van der Waals surface area contributed by atoms with Gasteiger partial charge >= 0.3 is 0 Å². The minimum Gasteiger partial charge on any atom is -0.370 e. The van der Waals surface area contributed by atoms with Gasteiger partial charge in [-0.1, -0.05) is 13.8 Å². The van der Waals surface area contributed by atoms with E-state index >= 15 is 0 Å². The lowest BCUT2D eigenvalue weighted by atomic mass is 10.2. The van der Waals surface area contributed by atoms with Crippen LogP contribution in [-0.4, -0.2) is 25.9 Å². The van der Waals surface area contributed by atoms with E-state index < -0.39 is 0 Å². The molecule has 102 valence electrons. The van der Waals surface area contributed by atoms with Gasteiger partial charge < -0.3 is 5.32 Å². The van der Waals surface area contributed by atoms with Crippen molar-refractivity contribution in [1.82, 2.24) is 19.3 Å². The predicted molar refractivity (Wildman–Crippen MR) is 79.0 cm³/mol. The first kappa shape index (κ1) is 14.2. The minimum absolute atomic E-state index is 0.854. The fourth-order valence-electron chi connectivity index (χ4n) is 1.63. The molecule has 0 radical (unpaired) electrons. The Kier molecular flexibility index (Phi) is 5.09. The molecule has 0 saturated heterocycles. The van der Waals surface area contributed by atoms with E-state index in [0.29, 0.717) is 0 Å². The fraction of sp³-hybridized carbons (Fsp3) is 0.500. The van der Waals surface area contributed by atoms with Crippen LogP contribution < -0.4 is 5.32 Å². The average molecular weight is 295 g/mol. The first-order valence-electron chi connectivity index (χ1n) is 6.36. The average Bonchev–Trinajstić information content (AvgIpc) is 2.87. The van der Waals surface area contributed by atoms with Gasteiger partial charge in [0.1, 0.15) is 23.0 Å². The SMILES string of the molecule is CCNc1ncnc(Sc2nc(CC)ns2)c1CC. The Bertz CT molecular complexity index is 541. The molecule has 0 aliphatic heterocycles. The lowest BCUT2D eigenvalue weighted by Crippen LogP contribution is -2.05. The molecule has 0 saturated carbocycles. The zero-order valence-corrected chi connectivity index (χ0v) is 12.9. The Morgan fingerprint density at radius 2 is 2.05 bits per heavy atom. The van der Waals surface area contributed by atoms with Gasteiger partial charge in [0.05, 0.1) is 0 Å². The number of hydrogen-bond donors (Lipinski definition) is 1. The summed E-state index contributed by atoms with van der Waals surface area (Å²) in [6, 6.07) is 0. The summed E-state index contributed by atoms with van der Waals surface area (Å²) in [6.45, 7) is 7.09. The first-order chi connectivity index (χ1) is 9.28. The van der Waals surface area contributed by atoms with Crippen LogP contribution >= 0.6 is 23.3 Å². The molecule has 0 aromatic carbocycles. The van der Waals surface area contributed by atoms with E-state index in [9.17, 15) is 0 Å². The maximum absolute atomic E-state index is 4.46. The highest BCUT2D eigenvalue weighted by Crippen LogP contribution is 2.32. The molecule has 0 unspecified atom stereocenters. The lowest BCUT2D eigenvalue weighted by molar-refractivity contribution is 0.933. The van der Waals surface area contributed by atoms with Gasteiger partial charge in [0.15, 0.2) is 4.34 Å². The van der Waals surface area contributed by atoms with E-state index in [4.69, 9.17) is 0 Å². The largest absolute Gasteiger partial charge is 0.370 e. The van der Waals surface area contributed by atoms with Crippen molar-refractivity contribution in [3.8, 4) is 0 Å². The van der Waals surface area contributed by atoms with Gasteiger partial charge in [-0.2, -0.15) is 4.37 Å². The van der Waals surface area contributed by atoms with Crippen LogP contribution in [0.5, 0.6) is 0 Å². The quantitative estimate of drug-likeness (QED) is 0.826. The van der Waals surface area contributed by atoms with Gasteiger partial charge in [0, 0.05) is 18.5 Å². The zero-order valence-electron chi connectivity index (χ0n) is 11.3. The van der Waals surface area contributed by atoms with Gasteiger partial charge in [-0.05, 0) is 36.6 Å². The molecule has 0 atom stereocenters. The van der Waals surface area contributed by atoms with Gasteiger partial charge in [0.2, 0.25) is 0 Å². The molecule has 0 aliphatic carbocycles. The maximum Gasteiger partial charge on any atom is 0.176 e. The Labute approximate surface area is 121 Å². The monoisotopic (exact) mass is 295 g/mol. The Morgan fingerprint density at radius 3 is 2.68 bits per heavy atom. The fourth-order valence-corrected chi connectivity index (χ4v) is 3.41. The molecule has 2 rings (SSSR count). The van der Waals surface area contributed by atoms with Crippen molar-refractivity contribution in [3.05, 3.63) is 17.7 Å². The van der Waals surface area contributed by atoms with E-state index in [2.05, 4.69) is 45.4 Å². The molecule has 0 amide bonds. The molecule has 0 fully saturated rings. The number of aryl methyl sites for hydroxylation is 1. The molecular weight excluding hydrogens is 278 g/mol. The predicted octanol–water partition coefficient (Wildman–Crippen LogP) is 3.04. The maximum atomic E-state index is 4.46. The summed E-state index contributed by atoms with van der Waals surface area (Å²) in [5.41, 5.74) is 1.14. The number of nitrogens with zero attached hydrogens (tertiary/aromatic N) is 4. The van der Waals surface area contributed by atoms with Crippen LogP contribution in [0.25, 0.3) is 0 Å². The van der Waals surface area contributed by atoms with E-state index in [-0.39, 0.29) is 0 Å². The number of nitrogens with one attached hydrogen (secondary N) is 1. The highest BCUT2D eigenvalue weighted by Gasteiger charge is 2.13. The van der Waals surface area contributed by atoms with Crippen molar-refractivity contribution < 1.29 is 0 Å². The van der Waals surface area contributed by atoms with Crippen molar-refractivity contribution in [2.75, 3.05) is 11.9 Å². The molecule has 0 aliphatic rings. The highest BCUT2D eigenvalue weighted by molar-refractivity contribution is 8.00. The summed E-state index contributed by atoms with van der Waals surface area (Å²) in [4.78, 5) is 13.1. The first-order valence-corrected chi connectivity index (χ1v) is 7.95. The molecule has 2 aromatic heterocycles. The van der Waals surface area contributed by atoms with Crippen molar-refractivity contribution in [2.24, 2.45) is 0 Å². The third-order valence-electron chi connectivity index (χ3n) is 2.55. The standard InChI is InChI=1S/C12H17N5S2/c1-4-8-10(13-6-3)14-7-15-11(8)18-12-16-9(5-2)17-19-12/h7H,4-6H2,1-3H3,(H,13,14,15). The zero-order chi connectivity index (χ0) is 13.7. The normalized spacial score (nSPS) is 10.7. The second kappa shape index (κ2) is 6.81. The van der Waals surface area contributed by atoms with Crippen LogP contribution in [-0.2, 0) is 12.8 Å². The second-order valence-electron chi connectivity index (χ2n) is 3.82. The molecule has 19 heavy (non-hydrogen) atoms. The number of anilines is 1. The highest BCUT2D eigenvalue weighted by atomic mass is 32.2. The van der Waals surface area contributed by atoms with Crippen molar-refractivity contribution in [2.45, 2.75) is 43.0 Å². The van der Waals surface area contributed by atoms with E-state index in [1.807, 2.05) is 0 Å². The van der Waals surface area contributed by atoms with Crippen molar-refractivity contribution in [1.29, 1.82) is 0 Å². The van der Waals surface area contributed by atoms with E-state index in [1.165, 1.54) is 11.5 Å². The van der Waals surface area contributed by atoms with Crippen LogP contribution in [0.15, 0.2) is 15.7 Å². The topological polar surface area (TPSA) is 63.6 Å². The summed E-state index contributed by atoms with van der Waals surface area (Å²) >= 11 is 3.00. The lowest BCUT2D eigenvalue weighted by Gasteiger charge is -2.10. The number of hydrogen-bond acceptors (Lipinski definition) is 7. The Hall–Kier alpha value is -1.21. The molecule has 1 N–H and O–H groups in total. The molecule has 5 nitrogen and oxygen atoms in total. The smallest absolute Gasteiger partial charge is 0.176 e. The van der Waals surface area contributed by atoms with Crippen LogP contribution in [0.2, 0.25) is 0 Å². The Balaban J connectivity index is 2.26. The van der Waals surface area contributed by atoms with E-state index in [0.717, 1.165) is 46.0 Å².